The summed E-state index contributed by atoms with van der Waals surface area (Å²) in [7, 11) is 0. The van der Waals surface area contributed by atoms with Crippen LogP contribution in [-0.4, -0.2) is 53.7 Å². The van der Waals surface area contributed by atoms with Gasteiger partial charge in [0.15, 0.2) is 5.11 Å². The van der Waals surface area contributed by atoms with Crippen LogP contribution in [0.4, 0.5) is 5.69 Å². The monoisotopic (exact) mass is 436 g/mol. The van der Waals surface area contributed by atoms with Crippen molar-refractivity contribution in [2.75, 3.05) is 38.0 Å². The van der Waals surface area contributed by atoms with Crippen LogP contribution >= 0.6 is 35.2 Å². The molecule has 1 saturated heterocycles. The van der Waals surface area contributed by atoms with E-state index < -0.39 is 0 Å². The van der Waals surface area contributed by atoms with Crippen LogP contribution in [-0.2, 0) is 0 Å². The summed E-state index contributed by atoms with van der Waals surface area (Å²) in [5.74, 6) is 0. The molecule has 1 aromatic carbocycles. The third kappa shape index (κ3) is 5.24. The molecule has 7 heteroatoms. The molecular weight excluding hydrogens is 408 g/mol. The Bertz CT molecular complexity index is 773. The van der Waals surface area contributed by atoms with Gasteiger partial charge in [-0.1, -0.05) is 30.7 Å². The number of halogens is 1. The van der Waals surface area contributed by atoms with Crippen LogP contribution < -0.4 is 10.6 Å². The standard InChI is InChI=1S/C21H29ClN4S2/c1-4-25-10-12-26(13-11-25)20(19-9-6-14-28-19)16(3)23-21(27)24-18-8-5-7-17(22)15(18)2/h5-9,14,16,20H,4,10-13H2,1-3H3,(H2,23,24,27)/t16-,20+/m1/s1. The van der Waals surface area contributed by atoms with Crippen molar-refractivity contribution < 1.29 is 0 Å². The van der Waals surface area contributed by atoms with Gasteiger partial charge in [-0.15, -0.1) is 11.3 Å². The molecule has 0 spiro atoms. The maximum Gasteiger partial charge on any atom is 0.171 e. The summed E-state index contributed by atoms with van der Waals surface area (Å²) in [6.07, 6.45) is 0. The zero-order valence-electron chi connectivity index (χ0n) is 16.7. The lowest BCUT2D eigenvalue weighted by Gasteiger charge is -2.41. The molecule has 4 nitrogen and oxygen atoms in total. The fourth-order valence-corrected chi connectivity index (χ4v) is 5.18. The van der Waals surface area contributed by atoms with Crippen molar-refractivity contribution in [1.82, 2.24) is 15.1 Å². The van der Waals surface area contributed by atoms with Crippen molar-refractivity contribution in [3.8, 4) is 0 Å². The van der Waals surface area contributed by atoms with Crippen molar-refractivity contribution >= 4 is 46.0 Å². The molecule has 1 aromatic heterocycles. The van der Waals surface area contributed by atoms with E-state index in [0.717, 1.165) is 49.0 Å². The highest BCUT2D eigenvalue weighted by Gasteiger charge is 2.30. The quantitative estimate of drug-likeness (QED) is 0.637. The summed E-state index contributed by atoms with van der Waals surface area (Å²) < 4.78 is 0. The van der Waals surface area contributed by atoms with Gasteiger partial charge in [0.1, 0.15) is 0 Å². The first-order chi connectivity index (χ1) is 13.5. The molecule has 152 valence electrons. The summed E-state index contributed by atoms with van der Waals surface area (Å²) >= 11 is 13.7. The van der Waals surface area contributed by atoms with E-state index in [1.54, 1.807) is 0 Å². The molecule has 0 amide bonds. The fraction of sp³-hybridized carbons (Fsp3) is 0.476. The molecule has 0 unspecified atom stereocenters. The molecule has 2 heterocycles. The van der Waals surface area contributed by atoms with Crippen LogP contribution in [0.3, 0.4) is 0 Å². The van der Waals surface area contributed by atoms with Gasteiger partial charge >= 0.3 is 0 Å². The largest absolute Gasteiger partial charge is 0.358 e. The van der Waals surface area contributed by atoms with Gasteiger partial charge in [-0.2, -0.15) is 0 Å². The van der Waals surface area contributed by atoms with E-state index in [2.05, 4.69) is 51.8 Å². The second-order valence-electron chi connectivity index (χ2n) is 7.23. The van der Waals surface area contributed by atoms with Crippen LogP contribution in [0, 0.1) is 6.92 Å². The molecule has 1 aliphatic rings. The number of likely N-dealkylation sites (N-methyl/N-ethyl adjacent to an activating group) is 1. The number of piperazine rings is 1. The SMILES string of the molecule is CCN1CCN([C@H](c2cccs2)[C@@H](C)NC(=S)Nc2cccc(Cl)c2C)CC1. The fourth-order valence-electron chi connectivity index (χ4n) is 3.75. The first kappa shape index (κ1) is 21.5. The average molecular weight is 437 g/mol. The number of rotatable bonds is 6. The molecule has 28 heavy (non-hydrogen) atoms. The Morgan fingerprint density at radius 2 is 1.96 bits per heavy atom. The Hall–Kier alpha value is -1.18. The Morgan fingerprint density at radius 1 is 1.21 bits per heavy atom. The van der Waals surface area contributed by atoms with Gasteiger partial charge in [0.05, 0.1) is 6.04 Å². The second kappa shape index (κ2) is 10.0. The van der Waals surface area contributed by atoms with Gasteiger partial charge in [-0.3, -0.25) is 4.90 Å². The first-order valence-electron chi connectivity index (χ1n) is 9.82. The molecule has 1 aliphatic heterocycles. The number of anilines is 1. The van der Waals surface area contributed by atoms with Gasteiger partial charge in [0.2, 0.25) is 0 Å². The van der Waals surface area contributed by atoms with Gasteiger partial charge in [0, 0.05) is 47.8 Å². The molecular formula is C21H29ClN4S2. The number of nitrogens with one attached hydrogen (secondary N) is 2. The van der Waals surface area contributed by atoms with Crippen molar-refractivity contribution in [2.24, 2.45) is 0 Å². The Balaban J connectivity index is 1.68. The highest BCUT2D eigenvalue weighted by Crippen LogP contribution is 2.29. The Labute approximate surface area is 182 Å². The van der Waals surface area contributed by atoms with Crippen molar-refractivity contribution in [1.29, 1.82) is 0 Å². The lowest BCUT2D eigenvalue weighted by molar-refractivity contribution is 0.0883. The number of nitrogens with zero attached hydrogens (tertiary/aromatic N) is 2. The summed E-state index contributed by atoms with van der Waals surface area (Å²) in [4.78, 5) is 6.48. The van der Waals surface area contributed by atoms with Crippen molar-refractivity contribution in [2.45, 2.75) is 32.9 Å². The molecule has 0 radical (unpaired) electrons. The first-order valence-corrected chi connectivity index (χ1v) is 11.5. The van der Waals surface area contributed by atoms with Gasteiger partial charge in [-0.05, 0) is 61.8 Å². The summed E-state index contributed by atoms with van der Waals surface area (Å²) in [5, 5.41) is 10.4. The minimum atomic E-state index is 0.186. The third-order valence-corrected chi connectivity index (χ3v) is 7.00. The molecule has 2 atom stereocenters. The Morgan fingerprint density at radius 3 is 2.61 bits per heavy atom. The minimum absolute atomic E-state index is 0.186. The summed E-state index contributed by atoms with van der Waals surface area (Å²) in [6, 6.07) is 10.7. The lowest BCUT2D eigenvalue weighted by Crippen LogP contribution is -2.52. The van der Waals surface area contributed by atoms with Gasteiger partial charge in [-0.25, -0.2) is 0 Å². The smallest absolute Gasteiger partial charge is 0.171 e. The van der Waals surface area contributed by atoms with E-state index in [9.17, 15) is 0 Å². The topological polar surface area (TPSA) is 30.5 Å². The van der Waals surface area contributed by atoms with E-state index in [-0.39, 0.29) is 6.04 Å². The number of hydrogen-bond acceptors (Lipinski definition) is 4. The predicted octanol–water partition coefficient (Wildman–Crippen LogP) is 4.76. The highest BCUT2D eigenvalue weighted by atomic mass is 35.5. The molecule has 2 N–H and O–H groups in total. The molecule has 1 fully saturated rings. The third-order valence-electron chi connectivity index (χ3n) is 5.43. The van der Waals surface area contributed by atoms with E-state index in [1.807, 2.05) is 36.5 Å². The van der Waals surface area contributed by atoms with E-state index >= 15 is 0 Å². The number of benzene rings is 1. The zero-order valence-corrected chi connectivity index (χ0v) is 19.1. The maximum absolute atomic E-state index is 6.23. The summed E-state index contributed by atoms with van der Waals surface area (Å²) in [6.45, 7) is 12.0. The second-order valence-corrected chi connectivity index (χ2v) is 9.02. The molecule has 0 saturated carbocycles. The average Bonchev–Trinajstić information content (AvgIpc) is 3.20. The van der Waals surface area contributed by atoms with Crippen LogP contribution in [0.5, 0.6) is 0 Å². The van der Waals surface area contributed by atoms with Crippen molar-refractivity contribution in [3.05, 3.63) is 51.2 Å². The van der Waals surface area contributed by atoms with Gasteiger partial charge in [0.25, 0.3) is 0 Å². The Kier molecular flexibility index (Phi) is 7.71. The molecule has 2 aromatic rings. The van der Waals surface area contributed by atoms with Crippen LogP contribution in [0.15, 0.2) is 35.7 Å². The summed E-state index contributed by atoms with van der Waals surface area (Å²) in [5.41, 5.74) is 1.95. The number of thiophene rings is 1. The lowest BCUT2D eigenvalue weighted by atomic mass is 10.0. The van der Waals surface area contributed by atoms with Gasteiger partial charge < -0.3 is 15.5 Å². The number of hydrogen-bond donors (Lipinski definition) is 2. The van der Waals surface area contributed by atoms with Crippen LogP contribution in [0.2, 0.25) is 5.02 Å². The zero-order chi connectivity index (χ0) is 20.1. The minimum Gasteiger partial charge on any atom is -0.358 e. The number of thiocarbonyl (C=S) groups is 1. The van der Waals surface area contributed by atoms with Crippen LogP contribution in [0.1, 0.15) is 30.3 Å². The molecule has 0 aliphatic carbocycles. The van der Waals surface area contributed by atoms with Crippen LogP contribution in [0.25, 0.3) is 0 Å². The highest BCUT2D eigenvalue weighted by molar-refractivity contribution is 7.80. The predicted molar refractivity (Wildman–Crippen MR) is 126 cm³/mol. The molecule has 3 rings (SSSR count). The van der Waals surface area contributed by atoms with E-state index in [1.165, 1.54) is 4.88 Å². The molecule has 0 bridgehead atoms. The van der Waals surface area contributed by atoms with E-state index in [4.69, 9.17) is 23.8 Å². The van der Waals surface area contributed by atoms with E-state index in [0.29, 0.717) is 11.2 Å². The normalized spacial score (nSPS) is 17.9. The van der Waals surface area contributed by atoms with Crippen molar-refractivity contribution in [3.63, 3.8) is 0 Å². The maximum atomic E-state index is 6.23.